The predicted molar refractivity (Wildman–Crippen MR) is 202 cm³/mol. The van der Waals surface area contributed by atoms with Crippen molar-refractivity contribution in [2.45, 2.75) is 0 Å². The van der Waals surface area contributed by atoms with Crippen molar-refractivity contribution in [3.8, 4) is 27.9 Å². The molecule has 47 heavy (non-hydrogen) atoms. The molecule has 0 atom stereocenters. The van der Waals surface area contributed by atoms with Gasteiger partial charge in [0.15, 0.2) is 0 Å². The number of hydrogen-bond acceptors (Lipinski definition) is 0. The average Bonchev–Trinajstić information content (AvgIpc) is 3.46. The highest BCUT2D eigenvalue weighted by molar-refractivity contribution is 6.18. The van der Waals surface area contributed by atoms with E-state index in [4.69, 9.17) is 0 Å². The molecule has 0 amide bonds. The van der Waals surface area contributed by atoms with E-state index in [1.807, 2.05) is 0 Å². The minimum atomic E-state index is 1.17. The summed E-state index contributed by atoms with van der Waals surface area (Å²) in [5.74, 6) is 0. The van der Waals surface area contributed by atoms with Crippen molar-refractivity contribution in [1.29, 1.82) is 0 Å². The van der Waals surface area contributed by atoms with Gasteiger partial charge in [0.25, 0.3) is 0 Å². The first kappa shape index (κ1) is 26.1. The van der Waals surface area contributed by atoms with Gasteiger partial charge in [-0.05, 0) is 114 Å². The summed E-state index contributed by atoms with van der Waals surface area (Å²) in [5, 5.41) is 12.7. The zero-order valence-corrected chi connectivity index (χ0v) is 25.7. The summed E-state index contributed by atoms with van der Waals surface area (Å²) in [6, 6.07) is 64.6. The van der Waals surface area contributed by atoms with Crippen LogP contribution in [0.1, 0.15) is 0 Å². The summed E-state index contributed by atoms with van der Waals surface area (Å²) in [5.41, 5.74) is 8.63. The third-order valence-corrected chi connectivity index (χ3v) is 9.90. The predicted octanol–water partition coefficient (Wildman–Crippen LogP) is 12.7. The van der Waals surface area contributed by atoms with Gasteiger partial charge in [-0.1, -0.05) is 127 Å². The van der Waals surface area contributed by atoms with E-state index < -0.39 is 0 Å². The molecule has 0 unspecified atom stereocenters. The van der Waals surface area contributed by atoms with Gasteiger partial charge in [-0.25, -0.2) is 0 Å². The van der Waals surface area contributed by atoms with Crippen LogP contribution in [0.2, 0.25) is 0 Å². The van der Waals surface area contributed by atoms with Crippen LogP contribution in [0, 0.1) is 0 Å². The Hall–Kier alpha value is -6.18. The van der Waals surface area contributed by atoms with Crippen molar-refractivity contribution < 1.29 is 0 Å². The van der Waals surface area contributed by atoms with Gasteiger partial charge in [0.2, 0.25) is 0 Å². The van der Waals surface area contributed by atoms with Gasteiger partial charge in [-0.2, -0.15) is 0 Å². The Morgan fingerprint density at radius 1 is 0.277 bits per heavy atom. The van der Waals surface area contributed by atoms with E-state index in [9.17, 15) is 0 Å². The molecule has 0 aliphatic rings. The highest BCUT2D eigenvalue weighted by atomic mass is 15.0. The maximum atomic E-state index is 2.43. The highest BCUT2D eigenvalue weighted by Crippen LogP contribution is 2.43. The van der Waals surface area contributed by atoms with Crippen molar-refractivity contribution >= 4 is 64.9 Å². The molecule has 1 nitrogen and oxygen atoms in total. The van der Waals surface area contributed by atoms with E-state index in [-0.39, 0.29) is 0 Å². The van der Waals surface area contributed by atoms with Crippen LogP contribution in [0.3, 0.4) is 0 Å². The van der Waals surface area contributed by atoms with Crippen molar-refractivity contribution in [2.24, 2.45) is 0 Å². The molecule has 10 aromatic rings. The number of fused-ring (bicyclic) bond motifs is 7. The Bertz CT molecular complexity index is 2550. The molecule has 0 radical (unpaired) electrons. The number of hydrogen-bond donors (Lipinski definition) is 0. The second-order valence-electron chi connectivity index (χ2n) is 12.5. The highest BCUT2D eigenvalue weighted by Gasteiger charge is 2.18. The van der Waals surface area contributed by atoms with Crippen LogP contribution in [-0.2, 0) is 0 Å². The smallest absolute Gasteiger partial charge is 0.0541 e. The van der Waals surface area contributed by atoms with Gasteiger partial charge in [0.05, 0.1) is 11.0 Å². The monoisotopic (exact) mass is 595 g/mol. The van der Waals surface area contributed by atoms with Crippen LogP contribution in [0.25, 0.3) is 92.8 Å². The Labute approximate surface area is 272 Å². The fourth-order valence-corrected chi connectivity index (χ4v) is 7.84. The lowest BCUT2D eigenvalue weighted by atomic mass is 9.90. The lowest BCUT2D eigenvalue weighted by molar-refractivity contribution is 1.18. The number of para-hydroxylation sites is 1. The van der Waals surface area contributed by atoms with E-state index in [0.717, 1.165) is 0 Å². The first-order valence-corrected chi connectivity index (χ1v) is 16.3. The molecule has 1 heteroatoms. The van der Waals surface area contributed by atoms with Gasteiger partial charge in [-0.3, -0.25) is 0 Å². The fourth-order valence-electron chi connectivity index (χ4n) is 7.84. The normalized spacial score (nSPS) is 11.8. The van der Waals surface area contributed by atoms with Gasteiger partial charge in [-0.15, -0.1) is 0 Å². The number of rotatable bonds is 3. The quantitative estimate of drug-likeness (QED) is 0.179. The van der Waals surface area contributed by atoms with Crippen LogP contribution in [0.5, 0.6) is 0 Å². The molecule has 0 aliphatic heterocycles. The Balaban J connectivity index is 1.32. The Morgan fingerprint density at radius 3 is 1.04 bits per heavy atom. The SMILES string of the molecule is c1ccc(-n2c3ccc(-c4c5ccccc5cc5ccccc45)cc3c3cc(-c4c5ccccc5cc5ccccc45)ccc32)cc1. The molecule has 1 aromatic heterocycles. The molecule has 218 valence electrons. The number of nitrogens with zero attached hydrogens (tertiary/aromatic N) is 1. The van der Waals surface area contributed by atoms with Crippen molar-refractivity contribution in [1.82, 2.24) is 4.57 Å². The minimum absolute atomic E-state index is 1.17. The Kier molecular flexibility index (Phi) is 5.64. The molecule has 0 saturated carbocycles. The van der Waals surface area contributed by atoms with E-state index in [1.165, 1.54) is 92.8 Å². The molecule has 9 aromatic carbocycles. The third kappa shape index (κ3) is 3.97. The first-order chi connectivity index (χ1) is 23.3. The average molecular weight is 596 g/mol. The van der Waals surface area contributed by atoms with Crippen molar-refractivity contribution in [3.05, 3.63) is 176 Å². The summed E-state index contributed by atoms with van der Waals surface area (Å²) >= 11 is 0. The molecule has 0 aliphatic carbocycles. The van der Waals surface area contributed by atoms with Crippen LogP contribution in [-0.4, -0.2) is 4.57 Å². The number of aromatic nitrogens is 1. The van der Waals surface area contributed by atoms with Crippen LogP contribution >= 0.6 is 0 Å². The van der Waals surface area contributed by atoms with E-state index in [0.29, 0.717) is 0 Å². The van der Waals surface area contributed by atoms with Gasteiger partial charge >= 0.3 is 0 Å². The molecule has 0 spiro atoms. The second-order valence-corrected chi connectivity index (χ2v) is 12.5. The van der Waals surface area contributed by atoms with E-state index in [1.54, 1.807) is 0 Å². The zero-order valence-electron chi connectivity index (χ0n) is 25.7. The van der Waals surface area contributed by atoms with E-state index >= 15 is 0 Å². The van der Waals surface area contributed by atoms with Gasteiger partial charge < -0.3 is 4.57 Å². The topological polar surface area (TPSA) is 4.93 Å². The number of benzene rings is 9. The molecule has 0 saturated heterocycles. The lowest BCUT2D eigenvalue weighted by Crippen LogP contribution is -1.93. The van der Waals surface area contributed by atoms with Gasteiger partial charge in [0.1, 0.15) is 0 Å². The van der Waals surface area contributed by atoms with Crippen molar-refractivity contribution in [2.75, 3.05) is 0 Å². The van der Waals surface area contributed by atoms with Crippen LogP contribution < -0.4 is 0 Å². The Morgan fingerprint density at radius 2 is 0.638 bits per heavy atom. The zero-order chi connectivity index (χ0) is 30.9. The minimum Gasteiger partial charge on any atom is -0.309 e. The largest absolute Gasteiger partial charge is 0.309 e. The molecular formula is C46H29N. The molecule has 0 bridgehead atoms. The van der Waals surface area contributed by atoms with Crippen LogP contribution in [0.15, 0.2) is 176 Å². The molecular weight excluding hydrogens is 567 g/mol. The third-order valence-electron chi connectivity index (χ3n) is 9.90. The van der Waals surface area contributed by atoms with Crippen molar-refractivity contribution in [3.63, 3.8) is 0 Å². The van der Waals surface area contributed by atoms with E-state index in [2.05, 4.69) is 180 Å². The summed E-state index contributed by atoms with van der Waals surface area (Å²) < 4.78 is 2.42. The maximum absolute atomic E-state index is 2.43. The molecule has 10 rings (SSSR count). The molecule has 0 fully saturated rings. The first-order valence-electron chi connectivity index (χ1n) is 16.3. The van der Waals surface area contributed by atoms with Crippen LogP contribution in [0.4, 0.5) is 0 Å². The molecule has 0 N–H and O–H groups in total. The maximum Gasteiger partial charge on any atom is 0.0541 e. The summed E-state index contributed by atoms with van der Waals surface area (Å²) in [4.78, 5) is 0. The standard InChI is InChI=1S/C46H29N/c1-2-16-36(17-3-1)47-43-24-22-34(45-37-18-8-4-12-30(37)26-31-13-5-9-19-38(31)45)28-41(43)42-29-35(23-25-44(42)47)46-39-20-10-6-14-32(39)27-33-15-7-11-21-40(33)46/h1-29H. The summed E-state index contributed by atoms with van der Waals surface area (Å²) in [6.07, 6.45) is 0. The van der Waals surface area contributed by atoms with Gasteiger partial charge in [0, 0.05) is 16.5 Å². The fraction of sp³-hybridized carbons (Fsp3) is 0. The summed E-state index contributed by atoms with van der Waals surface area (Å²) in [6.45, 7) is 0. The lowest BCUT2D eigenvalue weighted by Gasteiger charge is -2.13. The molecule has 1 heterocycles. The summed E-state index contributed by atoms with van der Waals surface area (Å²) in [7, 11) is 0. The second kappa shape index (κ2) is 10.2.